The molecule has 0 bridgehead atoms. The van der Waals surface area contributed by atoms with Gasteiger partial charge in [-0.2, -0.15) is 0 Å². The predicted molar refractivity (Wildman–Crippen MR) is 58.7 cm³/mol. The number of fused-ring (bicyclic) bond motifs is 1. The summed E-state index contributed by atoms with van der Waals surface area (Å²) in [4.78, 5) is 10.9. The minimum Gasteiger partial charge on any atom is -0.369 e. The summed E-state index contributed by atoms with van der Waals surface area (Å²) in [5.74, 6) is 0. The summed E-state index contributed by atoms with van der Waals surface area (Å²) in [5.41, 5.74) is 2.03. The third-order valence-electron chi connectivity index (χ3n) is 2.61. The maximum atomic E-state index is 10.9. The minimum absolute atomic E-state index is 0.476. The van der Waals surface area contributed by atoms with E-state index in [9.17, 15) is 4.79 Å². The zero-order valence-corrected chi connectivity index (χ0v) is 8.81. The van der Waals surface area contributed by atoms with Gasteiger partial charge in [0.25, 0.3) is 0 Å². The van der Waals surface area contributed by atoms with E-state index < -0.39 is 6.10 Å². The molecule has 0 fully saturated rings. The highest BCUT2D eigenvalue weighted by Gasteiger charge is 2.14. The first kappa shape index (κ1) is 9.93. The Balaban J connectivity index is 2.66. The molecule has 1 aromatic carbocycles. The lowest BCUT2D eigenvalue weighted by Crippen LogP contribution is -2.01. The van der Waals surface area contributed by atoms with E-state index >= 15 is 0 Å². The van der Waals surface area contributed by atoms with Gasteiger partial charge in [0.05, 0.1) is 0 Å². The number of carbonyl (C=O) groups excluding carboxylic acids is 1. The quantitative estimate of drug-likeness (QED) is 0.715. The molecule has 1 aromatic heterocycles. The third-order valence-corrected chi connectivity index (χ3v) is 2.61. The highest BCUT2D eigenvalue weighted by molar-refractivity contribution is 5.86. The van der Waals surface area contributed by atoms with Gasteiger partial charge in [-0.25, -0.2) is 0 Å². The van der Waals surface area contributed by atoms with E-state index in [2.05, 4.69) is 0 Å². The molecule has 2 aromatic rings. The van der Waals surface area contributed by atoms with Crippen LogP contribution in [0.2, 0.25) is 0 Å². The average molecular weight is 203 g/mol. The summed E-state index contributed by atoms with van der Waals surface area (Å²) < 4.78 is 7.13. The van der Waals surface area contributed by atoms with Gasteiger partial charge >= 0.3 is 0 Å². The van der Waals surface area contributed by atoms with Crippen molar-refractivity contribution in [1.82, 2.24) is 4.57 Å². The number of ether oxygens (including phenoxy) is 1. The molecule has 0 aliphatic rings. The number of aryl methyl sites for hydroxylation is 1. The summed E-state index contributed by atoms with van der Waals surface area (Å²) >= 11 is 0. The van der Waals surface area contributed by atoms with E-state index in [1.165, 1.54) is 0 Å². The molecule has 3 heteroatoms. The first-order chi connectivity index (χ1) is 7.27. The molecule has 0 amide bonds. The van der Waals surface area contributed by atoms with Gasteiger partial charge in [0.15, 0.2) is 6.29 Å². The van der Waals surface area contributed by atoms with Crippen LogP contribution in [0, 0.1) is 0 Å². The molecule has 2 rings (SSSR count). The van der Waals surface area contributed by atoms with Gasteiger partial charge in [-0.15, -0.1) is 0 Å². The number of rotatable bonds is 3. The van der Waals surface area contributed by atoms with Crippen LogP contribution in [-0.2, 0) is 16.6 Å². The molecule has 0 aliphatic carbocycles. The summed E-state index contributed by atoms with van der Waals surface area (Å²) in [7, 11) is 3.50. The molecule has 0 saturated heterocycles. The summed E-state index contributed by atoms with van der Waals surface area (Å²) in [6, 6.07) is 7.97. The molecule has 0 aliphatic heterocycles. The molecule has 1 atom stereocenters. The van der Waals surface area contributed by atoms with Crippen molar-refractivity contribution in [3.63, 3.8) is 0 Å². The van der Waals surface area contributed by atoms with E-state index in [1.807, 2.05) is 42.1 Å². The first-order valence-electron chi connectivity index (χ1n) is 4.80. The lowest BCUT2D eigenvalue weighted by atomic mass is 10.1. The van der Waals surface area contributed by atoms with E-state index in [4.69, 9.17) is 4.74 Å². The molecule has 3 nitrogen and oxygen atoms in total. The molecule has 0 N–H and O–H groups in total. The van der Waals surface area contributed by atoms with Crippen molar-refractivity contribution in [2.75, 3.05) is 7.11 Å². The van der Waals surface area contributed by atoms with Crippen LogP contribution < -0.4 is 0 Å². The van der Waals surface area contributed by atoms with Gasteiger partial charge in [-0.3, -0.25) is 0 Å². The number of methoxy groups -OCH3 is 1. The lowest BCUT2D eigenvalue weighted by Gasteiger charge is -2.05. The summed E-state index contributed by atoms with van der Waals surface area (Å²) in [5, 5.41) is 1.07. The molecule has 0 radical (unpaired) electrons. The number of hydrogen-bond donors (Lipinski definition) is 0. The lowest BCUT2D eigenvalue weighted by molar-refractivity contribution is -0.116. The van der Waals surface area contributed by atoms with Gasteiger partial charge in [0.2, 0.25) is 0 Å². The molecular weight excluding hydrogens is 190 g/mol. The van der Waals surface area contributed by atoms with Crippen LogP contribution in [0.5, 0.6) is 0 Å². The number of para-hydroxylation sites is 1. The van der Waals surface area contributed by atoms with Crippen LogP contribution in [-0.4, -0.2) is 18.0 Å². The second-order valence-corrected chi connectivity index (χ2v) is 3.50. The van der Waals surface area contributed by atoms with E-state index in [1.54, 1.807) is 7.11 Å². The van der Waals surface area contributed by atoms with Crippen molar-refractivity contribution in [2.24, 2.45) is 7.05 Å². The Bertz CT molecular complexity index is 487. The number of aldehydes is 1. The SMILES string of the molecule is COC(C=O)c1cn(C)c2ccccc12. The van der Waals surface area contributed by atoms with Gasteiger partial charge in [0.1, 0.15) is 6.10 Å². The number of nitrogens with zero attached hydrogens (tertiary/aromatic N) is 1. The van der Waals surface area contributed by atoms with Gasteiger partial charge < -0.3 is 14.1 Å². The van der Waals surface area contributed by atoms with Crippen LogP contribution >= 0.6 is 0 Å². The van der Waals surface area contributed by atoms with Crippen molar-refractivity contribution >= 4 is 17.2 Å². The fourth-order valence-electron chi connectivity index (χ4n) is 1.86. The molecular formula is C12H13NO2. The van der Waals surface area contributed by atoms with Crippen LogP contribution in [0.3, 0.4) is 0 Å². The Kier molecular flexibility index (Phi) is 2.56. The summed E-state index contributed by atoms with van der Waals surface area (Å²) in [6.07, 6.45) is 2.28. The Labute approximate surface area is 88.3 Å². The van der Waals surface area contributed by atoms with Crippen molar-refractivity contribution in [3.8, 4) is 0 Å². The largest absolute Gasteiger partial charge is 0.369 e. The monoisotopic (exact) mass is 203 g/mol. The molecule has 0 spiro atoms. The van der Waals surface area contributed by atoms with Gasteiger partial charge in [0, 0.05) is 36.8 Å². The first-order valence-corrected chi connectivity index (χ1v) is 4.80. The number of aromatic nitrogens is 1. The Morgan fingerprint density at radius 1 is 1.40 bits per heavy atom. The van der Waals surface area contributed by atoms with Crippen LogP contribution in [0.25, 0.3) is 10.9 Å². The predicted octanol–water partition coefficient (Wildman–Crippen LogP) is 2.06. The number of hydrogen-bond acceptors (Lipinski definition) is 2. The molecule has 78 valence electrons. The zero-order chi connectivity index (χ0) is 10.8. The highest BCUT2D eigenvalue weighted by Crippen LogP contribution is 2.26. The fourth-order valence-corrected chi connectivity index (χ4v) is 1.86. The van der Waals surface area contributed by atoms with Gasteiger partial charge in [-0.05, 0) is 6.07 Å². The van der Waals surface area contributed by atoms with Crippen molar-refractivity contribution < 1.29 is 9.53 Å². The van der Waals surface area contributed by atoms with E-state index in [-0.39, 0.29) is 0 Å². The fraction of sp³-hybridized carbons (Fsp3) is 0.250. The Morgan fingerprint density at radius 3 is 2.80 bits per heavy atom. The van der Waals surface area contributed by atoms with Crippen LogP contribution in [0.1, 0.15) is 11.7 Å². The molecule has 15 heavy (non-hydrogen) atoms. The molecule has 1 unspecified atom stereocenters. The van der Waals surface area contributed by atoms with Gasteiger partial charge in [-0.1, -0.05) is 18.2 Å². The third kappa shape index (κ3) is 1.55. The topological polar surface area (TPSA) is 31.2 Å². The Morgan fingerprint density at radius 2 is 2.13 bits per heavy atom. The van der Waals surface area contributed by atoms with E-state index in [0.29, 0.717) is 0 Å². The zero-order valence-electron chi connectivity index (χ0n) is 8.81. The van der Waals surface area contributed by atoms with Crippen molar-refractivity contribution in [1.29, 1.82) is 0 Å². The maximum absolute atomic E-state index is 10.9. The normalized spacial score (nSPS) is 12.9. The second kappa shape index (κ2) is 3.87. The second-order valence-electron chi connectivity index (χ2n) is 3.50. The van der Waals surface area contributed by atoms with Crippen LogP contribution in [0.4, 0.5) is 0 Å². The average Bonchev–Trinajstić information content (AvgIpc) is 2.60. The number of benzene rings is 1. The minimum atomic E-state index is -0.476. The van der Waals surface area contributed by atoms with Crippen molar-refractivity contribution in [2.45, 2.75) is 6.10 Å². The standard InChI is InChI=1S/C12H13NO2/c1-13-7-10(12(8-14)15-2)9-5-3-4-6-11(9)13/h3-8,12H,1-2H3. The van der Waals surface area contributed by atoms with E-state index in [0.717, 1.165) is 22.8 Å². The van der Waals surface area contributed by atoms with Crippen LogP contribution in [0.15, 0.2) is 30.5 Å². The van der Waals surface area contributed by atoms with Crippen molar-refractivity contribution in [3.05, 3.63) is 36.0 Å². The number of carbonyl (C=O) groups is 1. The molecule has 0 saturated carbocycles. The molecule has 1 heterocycles. The smallest absolute Gasteiger partial charge is 0.153 e. The summed E-state index contributed by atoms with van der Waals surface area (Å²) in [6.45, 7) is 0. The highest BCUT2D eigenvalue weighted by atomic mass is 16.5. The Hall–Kier alpha value is -1.61. The maximum Gasteiger partial charge on any atom is 0.153 e.